The van der Waals surface area contributed by atoms with Crippen LogP contribution in [-0.4, -0.2) is 35.6 Å². The van der Waals surface area contributed by atoms with Crippen molar-refractivity contribution in [3.05, 3.63) is 53.0 Å². The molecule has 1 aromatic carbocycles. The Morgan fingerprint density at radius 3 is 2.83 bits per heavy atom. The number of nitrogens with zero attached hydrogens (tertiary/aromatic N) is 3. The van der Waals surface area contributed by atoms with Crippen LogP contribution in [0.25, 0.3) is 0 Å². The molecule has 1 fully saturated rings. The zero-order valence-corrected chi connectivity index (χ0v) is 15.6. The second kappa shape index (κ2) is 7.83. The minimum atomic E-state index is 0.245. The van der Waals surface area contributed by atoms with E-state index in [-0.39, 0.29) is 5.41 Å². The van der Waals surface area contributed by atoms with Crippen molar-refractivity contribution in [2.24, 2.45) is 4.99 Å². The van der Waals surface area contributed by atoms with Gasteiger partial charge in [0.2, 0.25) is 0 Å². The first-order valence-electron chi connectivity index (χ1n) is 8.39. The second-order valence-corrected chi connectivity index (χ2v) is 7.12. The van der Waals surface area contributed by atoms with Crippen LogP contribution in [0, 0.1) is 0 Å². The van der Waals surface area contributed by atoms with E-state index >= 15 is 0 Å². The molecule has 1 heterocycles. The van der Waals surface area contributed by atoms with E-state index in [1.807, 2.05) is 25.8 Å². The topological polar surface area (TPSA) is 54.2 Å². The van der Waals surface area contributed by atoms with E-state index in [1.54, 1.807) is 0 Å². The van der Waals surface area contributed by atoms with Gasteiger partial charge in [-0.15, -0.1) is 0 Å². The highest BCUT2D eigenvalue weighted by molar-refractivity contribution is 9.10. The molecule has 2 aromatic rings. The fraction of sp³-hybridized carbons (Fsp3) is 0.444. The molecule has 0 spiro atoms. The number of nitrogens with one attached hydrogen (secondary N) is 2. The zero-order valence-electron chi connectivity index (χ0n) is 14.0. The number of hydrogen-bond donors (Lipinski definition) is 2. The molecule has 2 N–H and O–H groups in total. The van der Waals surface area contributed by atoms with Gasteiger partial charge in [0.1, 0.15) is 0 Å². The maximum absolute atomic E-state index is 4.33. The molecule has 3 rings (SSSR count). The fourth-order valence-electron chi connectivity index (χ4n) is 2.94. The number of guanidine groups is 1. The predicted molar refractivity (Wildman–Crippen MR) is 101 cm³/mol. The Kier molecular flexibility index (Phi) is 5.56. The van der Waals surface area contributed by atoms with Crippen molar-refractivity contribution in [2.45, 2.75) is 31.2 Å². The summed E-state index contributed by atoms with van der Waals surface area (Å²) in [4.78, 5) is 8.39. The second-order valence-electron chi connectivity index (χ2n) is 6.27. The van der Waals surface area contributed by atoms with Crippen LogP contribution in [0.2, 0.25) is 0 Å². The number of rotatable bonds is 7. The fourth-order valence-corrected chi connectivity index (χ4v) is 3.65. The third kappa shape index (κ3) is 4.17. The molecule has 1 aliphatic rings. The van der Waals surface area contributed by atoms with E-state index in [0.717, 1.165) is 32.0 Å². The molecule has 0 aliphatic heterocycles. The summed E-state index contributed by atoms with van der Waals surface area (Å²) in [5, 5.41) is 6.88. The van der Waals surface area contributed by atoms with Crippen LogP contribution in [-0.2, 0) is 12.0 Å². The van der Waals surface area contributed by atoms with Gasteiger partial charge in [0.15, 0.2) is 5.96 Å². The van der Waals surface area contributed by atoms with Crippen molar-refractivity contribution in [3.63, 3.8) is 0 Å². The first-order chi connectivity index (χ1) is 11.7. The van der Waals surface area contributed by atoms with Gasteiger partial charge in [-0.05, 0) is 30.9 Å². The molecule has 1 aliphatic carbocycles. The highest BCUT2D eigenvalue weighted by Gasteiger charge is 2.45. The van der Waals surface area contributed by atoms with Crippen LogP contribution in [0.15, 0.2) is 52.5 Å². The van der Waals surface area contributed by atoms with E-state index in [2.05, 4.69) is 65.4 Å². The molecular weight excluding hydrogens is 366 g/mol. The summed E-state index contributed by atoms with van der Waals surface area (Å²) in [5.41, 5.74) is 1.64. The largest absolute Gasteiger partial charge is 0.356 e. The number of halogens is 1. The third-order valence-electron chi connectivity index (χ3n) is 4.56. The van der Waals surface area contributed by atoms with E-state index in [9.17, 15) is 0 Å². The highest BCUT2D eigenvalue weighted by atomic mass is 79.9. The van der Waals surface area contributed by atoms with Gasteiger partial charge in [0, 0.05) is 49.0 Å². The normalized spacial score (nSPS) is 16.0. The minimum Gasteiger partial charge on any atom is -0.356 e. The SMILES string of the molecule is CN=C(NCCCn1ccnc1)NCC1(c2ccccc2Br)CC1. The Labute approximate surface area is 151 Å². The quantitative estimate of drug-likeness (QED) is 0.434. The van der Waals surface area contributed by atoms with Crippen molar-refractivity contribution in [2.75, 3.05) is 20.1 Å². The van der Waals surface area contributed by atoms with Crippen molar-refractivity contribution in [1.29, 1.82) is 0 Å². The monoisotopic (exact) mass is 389 g/mol. The maximum atomic E-state index is 4.33. The molecule has 0 unspecified atom stereocenters. The molecule has 6 heteroatoms. The number of aromatic nitrogens is 2. The predicted octanol–water partition coefficient (Wildman–Crippen LogP) is 2.93. The number of benzene rings is 1. The standard InChI is InChI=1S/C18H24BrN5/c1-20-17(22-9-4-11-24-12-10-21-14-24)23-13-18(7-8-18)15-5-2-3-6-16(15)19/h2-3,5-6,10,12,14H,4,7-9,11,13H2,1H3,(H2,20,22,23). The van der Waals surface area contributed by atoms with Crippen molar-refractivity contribution in [1.82, 2.24) is 20.2 Å². The number of aliphatic imine (C=N–C) groups is 1. The molecule has 1 aromatic heterocycles. The average molecular weight is 390 g/mol. The zero-order chi connectivity index (χ0) is 16.8. The van der Waals surface area contributed by atoms with Crippen LogP contribution in [0.1, 0.15) is 24.8 Å². The van der Waals surface area contributed by atoms with Crippen molar-refractivity contribution >= 4 is 21.9 Å². The minimum absolute atomic E-state index is 0.245. The van der Waals surface area contributed by atoms with Gasteiger partial charge >= 0.3 is 0 Å². The van der Waals surface area contributed by atoms with E-state index in [1.165, 1.54) is 22.9 Å². The number of aryl methyl sites for hydroxylation is 1. The number of hydrogen-bond acceptors (Lipinski definition) is 2. The molecule has 0 bridgehead atoms. The van der Waals surface area contributed by atoms with Crippen LogP contribution in [0.3, 0.4) is 0 Å². The van der Waals surface area contributed by atoms with Gasteiger partial charge in [-0.1, -0.05) is 34.1 Å². The molecule has 0 atom stereocenters. The highest BCUT2D eigenvalue weighted by Crippen LogP contribution is 2.49. The van der Waals surface area contributed by atoms with Gasteiger partial charge < -0.3 is 15.2 Å². The van der Waals surface area contributed by atoms with Gasteiger partial charge in [-0.3, -0.25) is 4.99 Å². The molecular formula is C18H24BrN5. The first-order valence-corrected chi connectivity index (χ1v) is 9.18. The van der Waals surface area contributed by atoms with Crippen molar-refractivity contribution < 1.29 is 0 Å². The lowest BCUT2D eigenvalue weighted by atomic mass is 9.96. The number of imidazole rings is 1. The van der Waals surface area contributed by atoms with Crippen LogP contribution in [0.4, 0.5) is 0 Å². The average Bonchev–Trinajstić information content (AvgIpc) is 3.20. The molecule has 1 saturated carbocycles. The van der Waals surface area contributed by atoms with Gasteiger partial charge in [-0.25, -0.2) is 4.98 Å². The summed E-state index contributed by atoms with van der Waals surface area (Å²) in [6.07, 6.45) is 9.13. The Bertz CT molecular complexity index is 676. The Morgan fingerprint density at radius 2 is 2.17 bits per heavy atom. The lowest BCUT2D eigenvalue weighted by Gasteiger charge is -2.20. The lowest BCUT2D eigenvalue weighted by Crippen LogP contribution is -2.41. The maximum Gasteiger partial charge on any atom is 0.191 e. The van der Waals surface area contributed by atoms with Gasteiger partial charge in [-0.2, -0.15) is 0 Å². The van der Waals surface area contributed by atoms with E-state index < -0.39 is 0 Å². The first kappa shape index (κ1) is 17.0. The molecule has 0 radical (unpaired) electrons. The summed E-state index contributed by atoms with van der Waals surface area (Å²) in [6.45, 7) is 2.77. The smallest absolute Gasteiger partial charge is 0.191 e. The summed E-state index contributed by atoms with van der Waals surface area (Å²) < 4.78 is 3.29. The summed E-state index contributed by atoms with van der Waals surface area (Å²) in [7, 11) is 1.82. The van der Waals surface area contributed by atoms with E-state index in [4.69, 9.17) is 0 Å². The summed E-state index contributed by atoms with van der Waals surface area (Å²) >= 11 is 3.69. The molecule has 24 heavy (non-hydrogen) atoms. The van der Waals surface area contributed by atoms with Crippen molar-refractivity contribution in [3.8, 4) is 0 Å². The van der Waals surface area contributed by atoms with E-state index in [0.29, 0.717) is 0 Å². The Morgan fingerprint density at radius 1 is 1.33 bits per heavy atom. The van der Waals surface area contributed by atoms with Crippen LogP contribution in [0.5, 0.6) is 0 Å². The molecule has 128 valence electrons. The van der Waals surface area contributed by atoms with Crippen LogP contribution >= 0.6 is 15.9 Å². The Balaban J connectivity index is 1.45. The lowest BCUT2D eigenvalue weighted by molar-refractivity contribution is 0.611. The summed E-state index contributed by atoms with van der Waals surface area (Å²) in [6, 6.07) is 8.53. The van der Waals surface area contributed by atoms with Gasteiger partial charge in [0.05, 0.1) is 6.33 Å². The third-order valence-corrected chi connectivity index (χ3v) is 5.25. The molecule has 0 saturated heterocycles. The van der Waals surface area contributed by atoms with Gasteiger partial charge in [0.25, 0.3) is 0 Å². The molecule has 5 nitrogen and oxygen atoms in total. The Hall–Kier alpha value is -1.82. The summed E-state index contributed by atoms with van der Waals surface area (Å²) in [5.74, 6) is 0.874. The van der Waals surface area contributed by atoms with Crippen LogP contribution < -0.4 is 10.6 Å². The molecule has 0 amide bonds.